The van der Waals surface area contributed by atoms with Gasteiger partial charge < -0.3 is 9.47 Å². The van der Waals surface area contributed by atoms with E-state index in [4.69, 9.17) is 9.47 Å². The molecule has 3 aliphatic rings. The number of Topliss-reactive ketones (excluding diaryl/α,β-unsaturated/α-hetero) is 1. The minimum atomic E-state index is -1.83. The maximum absolute atomic E-state index is 13.9. The molecule has 2 spiro atoms. The summed E-state index contributed by atoms with van der Waals surface area (Å²) in [5.41, 5.74) is -0.873. The molecule has 5 nitrogen and oxygen atoms in total. The number of hydrogen-bond acceptors (Lipinski definition) is 5. The minimum Gasteiger partial charge on any atom is -0.422 e. The van der Waals surface area contributed by atoms with Crippen molar-refractivity contribution in [3.63, 3.8) is 0 Å². The molecule has 1 heterocycles. The monoisotopic (exact) mass is 454 g/mol. The molecule has 5 rings (SSSR count). The standard InChI is InChI=1S/C26H24F2O5/c27-18-8-4-16(5-9-18)21-14-20(29)15-22(17-6-10-19(28)11-7-17)26(21)23(30)32-25(33-24(26)31)12-2-1-3-13-25/h4-11,21-22H,1-3,12-15H2/t21-,22+. The number of ketones is 1. The summed E-state index contributed by atoms with van der Waals surface area (Å²) in [7, 11) is 0. The Hall–Kier alpha value is -3.09. The first-order chi connectivity index (χ1) is 15.8. The van der Waals surface area contributed by atoms with Crippen LogP contribution in [-0.4, -0.2) is 23.5 Å². The van der Waals surface area contributed by atoms with Crippen LogP contribution in [0.1, 0.15) is 67.9 Å². The summed E-state index contributed by atoms with van der Waals surface area (Å²) in [6, 6.07) is 10.9. The van der Waals surface area contributed by atoms with E-state index in [1.807, 2.05) is 0 Å². The number of hydrogen-bond donors (Lipinski definition) is 0. The molecule has 1 saturated heterocycles. The number of rotatable bonds is 2. The summed E-state index contributed by atoms with van der Waals surface area (Å²) >= 11 is 0. The summed E-state index contributed by atoms with van der Waals surface area (Å²) in [5.74, 6) is -5.61. The van der Waals surface area contributed by atoms with Gasteiger partial charge in [0.05, 0.1) is 0 Å². The van der Waals surface area contributed by atoms with Gasteiger partial charge in [0.1, 0.15) is 17.4 Å². The molecule has 0 aromatic heterocycles. The topological polar surface area (TPSA) is 69.7 Å². The smallest absolute Gasteiger partial charge is 0.328 e. The summed E-state index contributed by atoms with van der Waals surface area (Å²) in [4.78, 5) is 40.6. The van der Waals surface area contributed by atoms with Crippen molar-refractivity contribution < 1.29 is 32.6 Å². The Morgan fingerprint density at radius 3 is 1.52 bits per heavy atom. The molecule has 2 atom stereocenters. The first-order valence-corrected chi connectivity index (χ1v) is 11.3. The number of ether oxygens (including phenoxy) is 2. The molecule has 0 unspecified atom stereocenters. The summed E-state index contributed by atoms with van der Waals surface area (Å²) in [6.07, 6.45) is 3.21. The molecule has 2 aromatic rings. The molecule has 0 amide bonds. The number of esters is 2. The fourth-order valence-electron chi connectivity index (χ4n) is 5.73. The number of carbonyl (C=O) groups excluding carboxylic acids is 3. The fourth-order valence-corrected chi connectivity index (χ4v) is 5.73. The van der Waals surface area contributed by atoms with Crippen molar-refractivity contribution in [3.8, 4) is 0 Å². The van der Waals surface area contributed by atoms with Crippen LogP contribution in [0.4, 0.5) is 8.78 Å². The van der Waals surface area contributed by atoms with Gasteiger partial charge in [0, 0.05) is 37.5 Å². The fraction of sp³-hybridized carbons (Fsp3) is 0.423. The summed E-state index contributed by atoms with van der Waals surface area (Å²) in [5, 5.41) is 0. The van der Waals surface area contributed by atoms with Crippen molar-refractivity contribution >= 4 is 17.7 Å². The van der Waals surface area contributed by atoms with E-state index in [9.17, 15) is 23.2 Å². The third kappa shape index (κ3) is 3.54. The molecule has 0 bridgehead atoms. The first kappa shape index (κ1) is 21.7. The maximum atomic E-state index is 13.9. The van der Waals surface area contributed by atoms with E-state index < -0.39 is 46.6 Å². The van der Waals surface area contributed by atoms with E-state index in [0.29, 0.717) is 24.0 Å². The molecule has 7 heteroatoms. The van der Waals surface area contributed by atoms with Gasteiger partial charge in [0.25, 0.3) is 5.79 Å². The van der Waals surface area contributed by atoms with E-state index in [0.717, 1.165) is 19.3 Å². The van der Waals surface area contributed by atoms with Gasteiger partial charge in [0.2, 0.25) is 0 Å². The van der Waals surface area contributed by atoms with Crippen molar-refractivity contribution in [2.24, 2.45) is 5.41 Å². The predicted molar refractivity (Wildman–Crippen MR) is 113 cm³/mol. The van der Waals surface area contributed by atoms with Crippen LogP contribution in [0.5, 0.6) is 0 Å². The maximum Gasteiger partial charge on any atom is 0.328 e. The molecular formula is C26H24F2O5. The molecule has 2 aliphatic carbocycles. The SMILES string of the molecule is O=C1C[C@H](c2ccc(F)cc2)C2(C(=O)OC3(CCCCC3)OC2=O)[C@H](c2ccc(F)cc2)C1. The van der Waals surface area contributed by atoms with Crippen LogP contribution in [0.2, 0.25) is 0 Å². The Morgan fingerprint density at radius 1 is 0.667 bits per heavy atom. The second-order valence-corrected chi connectivity index (χ2v) is 9.27. The van der Waals surface area contributed by atoms with Crippen LogP contribution >= 0.6 is 0 Å². The van der Waals surface area contributed by atoms with Gasteiger partial charge >= 0.3 is 11.9 Å². The summed E-state index contributed by atoms with van der Waals surface area (Å²) < 4.78 is 39.1. The molecule has 2 saturated carbocycles. The third-order valence-corrected chi connectivity index (χ3v) is 7.36. The highest BCUT2D eigenvalue weighted by Crippen LogP contribution is 2.58. The van der Waals surface area contributed by atoms with Gasteiger partial charge in [-0.05, 0) is 48.2 Å². The van der Waals surface area contributed by atoms with Crippen LogP contribution in [-0.2, 0) is 23.9 Å². The zero-order valence-corrected chi connectivity index (χ0v) is 18.0. The van der Waals surface area contributed by atoms with Gasteiger partial charge in [0.15, 0.2) is 5.41 Å². The molecule has 3 fully saturated rings. The molecular weight excluding hydrogens is 430 g/mol. The van der Waals surface area contributed by atoms with E-state index >= 15 is 0 Å². The van der Waals surface area contributed by atoms with Crippen molar-refractivity contribution in [2.75, 3.05) is 0 Å². The highest BCUT2D eigenvalue weighted by Gasteiger charge is 2.68. The van der Waals surface area contributed by atoms with Gasteiger partial charge in [-0.15, -0.1) is 0 Å². The van der Waals surface area contributed by atoms with Crippen molar-refractivity contribution in [3.05, 3.63) is 71.3 Å². The quantitative estimate of drug-likeness (QED) is 0.475. The van der Waals surface area contributed by atoms with Crippen molar-refractivity contribution in [1.82, 2.24) is 0 Å². The molecule has 172 valence electrons. The van der Waals surface area contributed by atoms with E-state index in [1.165, 1.54) is 48.5 Å². The van der Waals surface area contributed by atoms with Crippen LogP contribution in [0.3, 0.4) is 0 Å². The Kier molecular flexibility index (Phi) is 5.30. The van der Waals surface area contributed by atoms with Gasteiger partial charge in [-0.2, -0.15) is 0 Å². The van der Waals surface area contributed by atoms with Gasteiger partial charge in [-0.25, -0.2) is 8.78 Å². The van der Waals surface area contributed by atoms with Gasteiger partial charge in [-0.3, -0.25) is 14.4 Å². The van der Waals surface area contributed by atoms with Crippen LogP contribution in [0.25, 0.3) is 0 Å². The highest BCUT2D eigenvalue weighted by atomic mass is 19.1. The molecule has 0 N–H and O–H groups in total. The molecule has 33 heavy (non-hydrogen) atoms. The van der Waals surface area contributed by atoms with E-state index in [2.05, 4.69) is 0 Å². The van der Waals surface area contributed by atoms with E-state index in [1.54, 1.807) is 0 Å². The zero-order valence-electron chi connectivity index (χ0n) is 18.0. The second kappa shape index (κ2) is 8.04. The van der Waals surface area contributed by atoms with Crippen LogP contribution in [0.15, 0.2) is 48.5 Å². The van der Waals surface area contributed by atoms with Crippen LogP contribution < -0.4 is 0 Å². The Balaban J connectivity index is 1.66. The molecule has 2 aromatic carbocycles. The number of carbonyl (C=O) groups is 3. The normalized spacial score (nSPS) is 26.2. The minimum absolute atomic E-state index is 0.0828. The average Bonchev–Trinajstić information content (AvgIpc) is 2.79. The lowest BCUT2D eigenvalue weighted by Crippen LogP contribution is -2.62. The van der Waals surface area contributed by atoms with Gasteiger partial charge in [-0.1, -0.05) is 30.7 Å². The Morgan fingerprint density at radius 2 is 1.09 bits per heavy atom. The van der Waals surface area contributed by atoms with Crippen LogP contribution in [0, 0.1) is 17.0 Å². The lowest BCUT2D eigenvalue weighted by atomic mass is 9.55. The Labute approximate surface area is 190 Å². The number of halogens is 2. The number of benzene rings is 2. The lowest BCUT2D eigenvalue weighted by Gasteiger charge is -2.52. The van der Waals surface area contributed by atoms with E-state index in [-0.39, 0.29) is 18.6 Å². The first-order valence-electron chi connectivity index (χ1n) is 11.3. The van der Waals surface area contributed by atoms with Crippen molar-refractivity contribution in [2.45, 2.75) is 62.6 Å². The largest absolute Gasteiger partial charge is 0.422 e. The summed E-state index contributed by atoms with van der Waals surface area (Å²) in [6.45, 7) is 0. The predicted octanol–water partition coefficient (Wildman–Crippen LogP) is 4.94. The molecule has 1 aliphatic heterocycles. The second-order valence-electron chi connectivity index (χ2n) is 9.27. The highest BCUT2D eigenvalue weighted by molar-refractivity contribution is 6.06. The van der Waals surface area contributed by atoms with Crippen molar-refractivity contribution in [1.29, 1.82) is 0 Å². The molecule has 0 radical (unpaired) electrons. The zero-order chi connectivity index (χ0) is 23.2. The lowest BCUT2D eigenvalue weighted by molar-refractivity contribution is -0.275. The Bertz CT molecular complexity index is 1010. The third-order valence-electron chi connectivity index (χ3n) is 7.36. The average molecular weight is 454 g/mol.